The lowest BCUT2D eigenvalue weighted by Gasteiger charge is -2.26. The van der Waals surface area contributed by atoms with Crippen LogP contribution in [0.5, 0.6) is 0 Å². The first-order valence-corrected chi connectivity index (χ1v) is 8.43. The summed E-state index contributed by atoms with van der Waals surface area (Å²) in [6.45, 7) is 2.18. The zero-order valence-corrected chi connectivity index (χ0v) is 14.5. The van der Waals surface area contributed by atoms with E-state index in [1.165, 1.54) is 0 Å². The highest BCUT2D eigenvalue weighted by Gasteiger charge is 2.23. The summed E-state index contributed by atoms with van der Waals surface area (Å²) >= 11 is 0. The zero-order valence-electron chi connectivity index (χ0n) is 14.5. The largest absolute Gasteiger partial charge is 0.480 e. The maximum absolute atomic E-state index is 12.5. The van der Waals surface area contributed by atoms with E-state index in [9.17, 15) is 9.59 Å². The molecule has 1 fully saturated rings. The molecule has 1 aliphatic heterocycles. The Morgan fingerprint density at radius 2 is 1.88 bits per heavy atom. The van der Waals surface area contributed by atoms with E-state index in [4.69, 9.17) is 5.11 Å². The minimum absolute atomic E-state index is 0.0698. The van der Waals surface area contributed by atoms with Crippen LogP contribution in [-0.4, -0.2) is 73.1 Å². The Morgan fingerprint density at radius 3 is 2.54 bits per heavy atom. The molecule has 1 N–H and O–H groups in total. The third-order valence-corrected chi connectivity index (χ3v) is 4.67. The van der Waals surface area contributed by atoms with Gasteiger partial charge in [0.15, 0.2) is 0 Å². The molecule has 1 heterocycles. The molecule has 132 valence electrons. The van der Waals surface area contributed by atoms with Gasteiger partial charge in [0.25, 0.3) is 0 Å². The number of hydrogen-bond acceptors (Lipinski definition) is 4. The fourth-order valence-corrected chi connectivity index (χ4v) is 3.17. The quantitative estimate of drug-likeness (QED) is 0.855. The van der Waals surface area contributed by atoms with E-state index in [-0.39, 0.29) is 18.5 Å². The molecule has 1 aromatic rings. The smallest absolute Gasteiger partial charge is 0.317 e. The topological polar surface area (TPSA) is 64.1 Å². The van der Waals surface area contributed by atoms with Crippen molar-refractivity contribution in [1.82, 2.24) is 9.80 Å². The summed E-state index contributed by atoms with van der Waals surface area (Å²) in [4.78, 5) is 29.1. The molecule has 6 nitrogen and oxygen atoms in total. The first-order chi connectivity index (χ1) is 11.5. The summed E-state index contributed by atoms with van der Waals surface area (Å²) in [6, 6.07) is 9.91. The molecule has 0 radical (unpaired) electrons. The van der Waals surface area contributed by atoms with Gasteiger partial charge < -0.3 is 10.0 Å². The predicted molar refractivity (Wildman–Crippen MR) is 94.2 cm³/mol. The number of anilines is 1. The van der Waals surface area contributed by atoms with Gasteiger partial charge in [-0.05, 0) is 45.0 Å². The predicted octanol–water partition coefficient (Wildman–Crippen LogP) is 1.52. The van der Waals surface area contributed by atoms with E-state index in [2.05, 4.69) is 4.90 Å². The molecule has 1 amide bonds. The van der Waals surface area contributed by atoms with Crippen molar-refractivity contribution < 1.29 is 14.7 Å². The van der Waals surface area contributed by atoms with Crippen molar-refractivity contribution in [2.45, 2.75) is 25.3 Å². The zero-order chi connectivity index (χ0) is 17.5. The van der Waals surface area contributed by atoms with Gasteiger partial charge in [-0.1, -0.05) is 18.2 Å². The van der Waals surface area contributed by atoms with Gasteiger partial charge in [0.2, 0.25) is 5.91 Å². The van der Waals surface area contributed by atoms with Crippen LogP contribution >= 0.6 is 0 Å². The summed E-state index contributed by atoms with van der Waals surface area (Å²) in [7, 11) is 3.67. The van der Waals surface area contributed by atoms with Crippen LogP contribution in [0.2, 0.25) is 0 Å². The van der Waals surface area contributed by atoms with Gasteiger partial charge in [-0.3, -0.25) is 19.4 Å². The highest BCUT2D eigenvalue weighted by molar-refractivity contribution is 5.94. The molecule has 0 aliphatic carbocycles. The van der Waals surface area contributed by atoms with E-state index >= 15 is 0 Å². The first kappa shape index (κ1) is 18.4. The average Bonchev–Trinajstić information content (AvgIpc) is 2.80. The standard InChI is InChI=1S/C18H27N3O3/c1-19(14-18(23)24)15-9-6-11-21(12-10-15)13-17(22)20(2)16-7-4-3-5-8-16/h3-5,7-8,15H,6,9-14H2,1-2H3,(H,23,24). The Morgan fingerprint density at radius 1 is 1.17 bits per heavy atom. The van der Waals surface area contributed by atoms with Crippen molar-refractivity contribution >= 4 is 17.6 Å². The van der Waals surface area contributed by atoms with Gasteiger partial charge in [0.05, 0.1) is 13.1 Å². The van der Waals surface area contributed by atoms with Crippen LogP contribution in [0.15, 0.2) is 30.3 Å². The number of para-hydroxylation sites is 1. The number of carbonyl (C=O) groups is 2. The van der Waals surface area contributed by atoms with Crippen molar-refractivity contribution in [1.29, 1.82) is 0 Å². The molecule has 0 saturated carbocycles. The molecule has 1 saturated heterocycles. The van der Waals surface area contributed by atoms with Crippen molar-refractivity contribution in [2.24, 2.45) is 0 Å². The van der Waals surface area contributed by atoms with Crippen LogP contribution in [0.3, 0.4) is 0 Å². The second-order valence-corrected chi connectivity index (χ2v) is 6.46. The number of carbonyl (C=O) groups excluding carboxylic acids is 1. The van der Waals surface area contributed by atoms with Gasteiger partial charge >= 0.3 is 5.97 Å². The van der Waals surface area contributed by atoms with Gasteiger partial charge in [-0.2, -0.15) is 0 Å². The van der Waals surface area contributed by atoms with E-state index in [0.717, 1.165) is 38.0 Å². The number of likely N-dealkylation sites (tertiary alicyclic amines) is 1. The number of hydrogen-bond donors (Lipinski definition) is 1. The Labute approximate surface area is 143 Å². The molecule has 1 aliphatic rings. The third-order valence-electron chi connectivity index (χ3n) is 4.67. The number of aliphatic carboxylic acids is 1. The third kappa shape index (κ3) is 5.32. The van der Waals surface area contributed by atoms with Crippen molar-refractivity contribution in [2.75, 3.05) is 45.2 Å². The van der Waals surface area contributed by atoms with E-state index in [1.54, 1.807) is 11.9 Å². The molecule has 24 heavy (non-hydrogen) atoms. The summed E-state index contributed by atoms with van der Waals surface area (Å²) < 4.78 is 0. The summed E-state index contributed by atoms with van der Waals surface area (Å²) in [5.41, 5.74) is 0.899. The number of likely N-dealkylation sites (N-methyl/N-ethyl adjacent to an activating group) is 2. The highest BCUT2D eigenvalue weighted by atomic mass is 16.4. The summed E-state index contributed by atoms with van der Waals surface area (Å²) in [5, 5.41) is 8.92. The molecular weight excluding hydrogens is 306 g/mol. The second kappa shape index (κ2) is 8.80. The highest BCUT2D eigenvalue weighted by Crippen LogP contribution is 2.17. The van der Waals surface area contributed by atoms with E-state index in [0.29, 0.717) is 6.54 Å². The van der Waals surface area contributed by atoms with Crippen LogP contribution in [0.4, 0.5) is 5.69 Å². The molecule has 0 spiro atoms. The summed E-state index contributed by atoms with van der Waals surface area (Å²) in [5.74, 6) is -0.711. The minimum Gasteiger partial charge on any atom is -0.480 e. The lowest BCUT2D eigenvalue weighted by atomic mass is 10.1. The maximum atomic E-state index is 12.5. The van der Waals surface area contributed by atoms with E-state index < -0.39 is 5.97 Å². The number of amides is 1. The first-order valence-electron chi connectivity index (χ1n) is 8.43. The molecule has 1 aromatic carbocycles. The molecule has 0 aromatic heterocycles. The number of nitrogens with zero attached hydrogens (tertiary/aromatic N) is 3. The number of benzene rings is 1. The molecular formula is C18H27N3O3. The van der Waals surface area contributed by atoms with Gasteiger partial charge in [-0.15, -0.1) is 0 Å². The van der Waals surface area contributed by atoms with Crippen LogP contribution in [-0.2, 0) is 9.59 Å². The van der Waals surface area contributed by atoms with Crippen LogP contribution in [0, 0.1) is 0 Å². The van der Waals surface area contributed by atoms with Crippen molar-refractivity contribution in [3.05, 3.63) is 30.3 Å². The van der Waals surface area contributed by atoms with Gasteiger partial charge in [0, 0.05) is 25.3 Å². The minimum atomic E-state index is -0.793. The van der Waals surface area contributed by atoms with Crippen LogP contribution in [0.1, 0.15) is 19.3 Å². The lowest BCUT2D eigenvalue weighted by molar-refractivity contribution is -0.138. The number of carboxylic acid groups (broad SMARTS) is 1. The van der Waals surface area contributed by atoms with Gasteiger partial charge in [-0.25, -0.2) is 0 Å². The summed E-state index contributed by atoms with van der Waals surface area (Å²) in [6.07, 6.45) is 2.85. The Hall–Kier alpha value is -1.92. The van der Waals surface area contributed by atoms with Crippen LogP contribution < -0.4 is 4.90 Å². The number of rotatable bonds is 6. The maximum Gasteiger partial charge on any atom is 0.317 e. The monoisotopic (exact) mass is 333 g/mol. The fraction of sp³-hybridized carbons (Fsp3) is 0.556. The fourth-order valence-electron chi connectivity index (χ4n) is 3.17. The molecule has 1 atom stereocenters. The second-order valence-electron chi connectivity index (χ2n) is 6.46. The normalized spacial score (nSPS) is 19.0. The molecule has 2 rings (SSSR count). The molecule has 6 heteroatoms. The van der Waals surface area contributed by atoms with E-state index in [1.807, 2.05) is 42.3 Å². The lowest BCUT2D eigenvalue weighted by Crippen LogP contribution is -2.40. The van der Waals surface area contributed by atoms with Crippen molar-refractivity contribution in [3.63, 3.8) is 0 Å². The van der Waals surface area contributed by atoms with Crippen LogP contribution in [0.25, 0.3) is 0 Å². The Bertz CT molecular complexity index is 550. The number of carboxylic acids is 1. The molecule has 1 unspecified atom stereocenters. The SMILES string of the molecule is CN(C(=O)CN1CCCC(N(C)CC(=O)O)CC1)c1ccccc1. The Balaban J connectivity index is 1.85. The van der Waals surface area contributed by atoms with Crippen molar-refractivity contribution in [3.8, 4) is 0 Å². The average molecular weight is 333 g/mol. The Kier molecular flexibility index (Phi) is 6.75. The van der Waals surface area contributed by atoms with Gasteiger partial charge in [0.1, 0.15) is 0 Å². The molecule has 0 bridgehead atoms.